The highest BCUT2D eigenvalue weighted by atomic mass is 32.2. The Bertz CT molecular complexity index is 801. The second kappa shape index (κ2) is 6.64. The summed E-state index contributed by atoms with van der Waals surface area (Å²) in [6.07, 6.45) is -0.876. The number of carbonyl (C=O) groups excluding carboxylic acids is 2. The van der Waals surface area contributed by atoms with Gasteiger partial charge in [0.15, 0.2) is 0 Å². The first kappa shape index (κ1) is 19.2. The molecule has 25 heavy (non-hydrogen) atoms. The van der Waals surface area contributed by atoms with Crippen molar-refractivity contribution >= 4 is 27.7 Å². The fourth-order valence-corrected chi connectivity index (χ4v) is 3.33. The van der Waals surface area contributed by atoms with Crippen molar-refractivity contribution in [3.05, 3.63) is 23.8 Å². The van der Waals surface area contributed by atoms with Crippen LogP contribution in [0.3, 0.4) is 0 Å². The second-order valence-corrected chi connectivity index (χ2v) is 7.80. The Morgan fingerprint density at radius 1 is 1.32 bits per heavy atom. The van der Waals surface area contributed by atoms with Crippen molar-refractivity contribution in [2.24, 2.45) is 0 Å². The van der Waals surface area contributed by atoms with Crippen LogP contribution in [0.1, 0.15) is 39.7 Å². The van der Waals surface area contributed by atoms with Gasteiger partial charge in [-0.15, -0.1) is 0 Å². The number of anilines is 1. The molecule has 8 nitrogen and oxygen atoms in total. The molecule has 1 unspecified atom stereocenters. The molecule has 1 aromatic carbocycles. The summed E-state index contributed by atoms with van der Waals surface area (Å²) >= 11 is 0. The van der Waals surface area contributed by atoms with Gasteiger partial charge in [-0.3, -0.25) is 14.1 Å². The van der Waals surface area contributed by atoms with Crippen molar-refractivity contribution in [2.75, 3.05) is 10.8 Å². The second-order valence-electron chi connectivity index (χ2n) is 6.46. The van der Waals surface area contributed by atoms with E-state index in [9.17, 15) is 22.6 Å². The van der Waals surface area contributed by atoms with Crippen LogP contribution in [-0.4, -0.2) is 37.6 Å². The third kappa shape index (κ3) is 4.10. The van der Waals surface area contributed by atoms with Gasteiger partial charge in [0.2, 0.25) is 0 Å². The zero-order valence-corrected chi connectivity index (χ0v) is 15.3. The summed E-state index contributed by atoms with van der Waals surface area (Å²) in [5.41, 5.74) is 0.109. The van der Waals surface area contributed by atoms with Gasteiger partial charge in [-0.2, -0.15) is 8.42 Å². The van der Waals surface area contributed by atoms with Gasteiger partial charge in [0.1, 0.15) is 11.5 Å². The topological polar surface area (TPSA) is 110 Å². The average Bonchev–Trinajstić information content (AvgIpc) is 2.68. The van der Waals surface area contributed by atoms with Crippen LogP contribution in [0.2, 0.25) is 0 Å². The van der Waals surface area contributed by atoms with Crippen molar-refractivity contribution in [3.63, 3.8) is 0 Å². The Morgan fingerprint density at radius 3 is 2.48 bits per heavy atom. The summed E-state index contributed by atoms with van der Waals surface area (Å²) in [7, 11) is -4.55. The molecule has 1 aromatic rings. The minimum absolute atomic E-state index is 0.0349. The normalized spacial score (nSPS) is 18.2. The summed E-state index contributed by atoms with van der Waals surface area (Å²) in [6.45, 7) is 6.02. The molecule has 2 rings (SSSR count). The first-order valence-corrected chi connectivity index (χ1v) is 9.05. The SMILES string of the molecule is CC(=O)CCN(c1ccc2c(c1)C(C)(C)C(OC(C)=O)O2)S(=O)(=O)O. The molecule has 0 amide bonds. The van der Waals surface area contributed by atoms with E-state index in [2.05, 4.69) is 0 Å². The third-order valence-corrected chi connectivity index (χ3v) is 4.94. The lowest BCUT2D eigenvalue weighted by Gasteiger charge is -2.25. The number of carbonyl (C=O) groups is 2. The minimum atomic E-state index is -4.55. The molecule has 0 fully saturated rings. The maximum atomic E-state index is 11.7. The van der Waals surface area contributed by atoms with E-state index in [1.807, 2.05) is 0 Å². The lowest BCUT2D eigenvalue weighted by Crippen LogP contribution is -2.36. The number of fused-ring (bicyclic) bond motifs is 1. The Kier molecular flexibility index (Phi) is 5.10. The van der Waals surface area contributed by atoms with Gasteiger partial charge in [-0.1, -0.05) is 0 Å². The highest BCUT2D eigenvalue weighted by Gasteiger charge is 2.44. The molecule has 9 heteroatoms. The maximum absolute atomic E-state index is 11.7. The summed E-state index contributed by atoms with van der Waals surface area (Å²) in [6, 6.07) is 4.55. The van der Waals surface area contributed by atoms with E-state index in [0.717, 1.165) is 4.31 Å². The van der Waals surface area contributed by atoms with Crippen LogP contribution >= 0.6 is 0 Å². The molecule has 1 aliphatic heterocycles. The van der Waals surface area contributed by atoms with Crippen LogP contribution in [0, 0.1) is 0 Å². The van der Waals surface area contributed by atoms with Crippen LogP contribution in [0.5, 0.6) is 5.75 Å². The number of rotatable bonds is 6. The van der Waals surface area contributed by atoms with Crippen molar-refractivity contribution in [2.45, 2.75) is 45.8 Å². The smallest absolute Gasteiger partial charge is 0.359 e. The van der Waals surface area contributed by atoms with Crippen LogP contribution < -0.4 is 9.04 Å². The quantitative estimate of drug-likeness (QED) is 0.600. The largest absolute Gasteiger partial charge is 0.454 e. The highest BCUT2D eigenvalue weighted by molar-refractivity contribution is 7.87. The van der Waals surface area contributed by atoms with E-state index < -0.39 is 28.0 Å². The Morgan fingerprint density at radius 2 is 1.96 bits per heavy atom. The van der Waals surface area contributed by atoms with E-state index >= 15 is 0 Å². The van der Waals surface area contributed by atoms with Gasteiger partial charge < -0.3 is 9.47 Å². The van der Waals surface area contributed by atoms with Crippen molar-refractivity contribution in [3.8, 4) is 5.75 Å². The number of hydrogen-bond donors (Lipinski definition) is 1. The summed E-state index contributed by atoms with van der Waals surface area (Å²) in [4.78, 5) is 22.4. The number of hydrogen-bond acceptors (Lipinski definition) is 6. The first-order chi connectivity index (χ1) is 11.4. The molecule has 0 aliphatic carbocycles. The summed E-state index contributed by atoms with van der Waals surface area (Å²) in [5, 5.41) is 0. The molecule has 1 atom stereocenters. The zero-order valence-electron chi connectivity index (χ0n) is 14.5. The predicted molar refractivity (Wildman–Crippen MR) is 89.8 cm³/mol. The fraction of sp³-hybridized carbons (Fsp3) is 0.500. The molecular formula is C16H21NO7S. The van der Waals surface area contributed by atoms with E-state index in [0.29, 0.717) is 11.3 Å². The van der Waals surface area contributed by atoms with Crippen LogP contribution in [-0.2, 0) is 30.0 Å². The number of ketones is 1. The summed E-state index contributed by atoms with van der Waals surface area (Å²) in [5.74, 6) is -0.234. The van der Waals surface area contributed by atoms with Gasteiger partial charge in [0.25, 0.3) is 6.29 Å². The van der Waals surface area contributed by atoms with Gasteiger partial charge >= 0.3 is 16.3 Å². The standard InChI is InChI=1S/C16H21NO7S/c1-10(18)7-8-17(25(20,21)22)12-5-6-14-13(9-12)16(3,4)15(24-14)23-11(2)19/h5-6,9,15H,7-8H2,1-4H3,(H,20,21,22). The third-order valence-electron chi connectivity index (χ3n) is 3.99. The van der Waals surface area contributed by atoms with Gasteiger partial charge in [-0.05, 0) is 39.0 Å². The minimum Gasteiger partial charge on any atom is -0.454 e. The number of nitrogens with zero attached hydrogens (tertiary/aromatic N) is 1. The molecule has 0 bridgehead atoms. The first-order valence-electron chi connectivity index (χ1n) is 7.66. The maximum Gasteiger partial charge on any atom is 0.359 e. The molecule has 1 aliphatic rings. The lowest BCUT2D eigenvalue weighted by atomic mass is 9.85. The number of esters is 1. The summed E-state index contributed by atoms with van der Waals surface area (Å²) < 4.78 is 44.4. The highest BCUT2D eigenvalue weighted by Crippen LogP contribution is 2.45. The average molecular weight is 371 g/mol. The van der Waals surface area contributed by atoms with E-state index in [1.165, 1.54) is 19.9 Å². The fourth-order valence-electron chi connectivity index (χ4n) is 2.63. The van der Waals surface area contributed by atoms with Gasteiger partial charge in [0.05, 0.1) is 11.1 Å². The number of benzene rings is 1. The Balaban J connectivity index is 2.41. The number of ether oxygens (including phenoxy) is 2. The molecular weight excluding hydrogens is 350 g/mol. The molecule has 0 saturated heterocycles. The van der Waals surface area contributed by atoms with Crippen LogP contribution in [0.15, 0.2) is 18.2 Å². The van der Waals surface area contributed by atoms with E-state index in [1.54, 1.807) is 26.0 Å². The molecule has 1 heterocycles. The van der Waals surface area contributed by atoms with Gasteiger partial charge in [0, 0.05) is 25.5 Å². The van der Waals surface area contributed by atoms with Crippen molar-refractivity contribution in [1.82, 2.24) is 0 Å². The molecule has 1 N–H and O–H groups in total. The molecule has 0 spiro atoms. The van der Waals surface area contributed by atoms with Crippen LogP contribution in [0.4, 0.5) is 5.69 Å². The van der Waals surface area contributed by atoms with E-state index in [4.69, 9.17) is 9.47 Å². The molecule has 0 radical (unpaired) electrons. The number of Topliss-reactive ketones (excluding diaryl/α,β-unsaturated/α-hetero) is 1. The molecule has 138 valence electrons. The lowest BCUT2D eigenvalue weighted by molar-refractivity contribution is -0.165. The van der Waals surface area contributed by atoms with Crippen molar-refractivity contribution < 1.29 is 32.0 Å². The van der Waals surface area contributed by atoms with Gasteiger partial charge in [-0.25, -0.2) is 4.31 Å². The van der Waals surface area contributed by atoms with E-state index in [-0.39, 0.29) is 24.4 Å². The molecule has 0 saturated carbocycles. The Labute approximate surface area is 146 Å². The van der Waals surface area contributed by atoms with Crippen LogP contribution in [0.25, 0.3) is 0 Å². The Hall–Kier alpha value is -2.13. The monoisotopic (exact) mass is 371 g/mol. The zero-order chi connectivity index (χ0) is 19.0. The predicted octanol–water partition coefficient (Wildman–Crippen LogP) is 1.83. The molecule has 0 aromatic heterocycles. The van der Waals surface area contributed by atoms with Crippen molar-refractivity contribution in [1.29, 1.82) is 0 Å².